The third-order valence-corrected chi connectivity index (χ3v) is 33.7. The van der Waals surface area contributed by atoms with Crippen LogP contribution in [0.3, 0.4) is 0 Å². The van der Waals surface area contributed by atoms with Gasteiger partial charge < -0.3 is 97.0 Å². The number of methoxy groups -OCH3 is 2. The summed E-state index contributed by atoms with van der Waals surface area (Å²) in [5.41, 5.74) is 26.4. The van der Waals surface area contributed by atoms with Gasteiger partial charge in [-0.3, -0.25) is 9.59 Å². The van der Waals surface area contributed by atoms with Gasteiger partial charge in [0.05, 0.1) is 36.5 Å². The van der Waals surface area contributed by atoms with E-state index in [1.54, 1.807) is 0 Å². The predicted octanol–water partition coefficient (Wildman–Crippen LogP) is 19.3. The number of amides is 1. The van der Waals surface area contributed by atoms with Crippen molar-refractivity contribution in [3.05, 3.63) is 207 Å². The number of aromatic nitrogens is 1. The highest BCUT2D eigenvalue weighted by Gasteiger charge is 2.53. The molecule has 0 unspecified atom stereocenters. The summed E-state index contributed by atoms with van der Waals surface area (Å²) in [6.45, 7) is 43.0. The zero-order valence-corrected chi connectivity index (χ0v) is 88.5. The number of nitrogens with one attached hydrogen (secondary N) is 3. The molecule has 20 rings (SSSR count). The molecule has 0 atom stereocenters. The van der Waals surface area contributed by atoms with Gasteiger partial charge in [0, 0.05) is 271 Å². The smallest absolute Gasteiger partial charge is 0.465 e. The van der Waals surface area contributed by atoms with E-state index in [0.717, 1.165) is 305 Å². The normalized spacial score (nSPS) is 20.1. The molecule has 27 heteroatoms. The van der Waals surface area contributed by atoms with E-state index >= 15 is 0 Å². The summed E-state index contributed by atoms with van der Waals surface area (Å²) in [4.78, 5) is 69.2. The van der Waals surface area contributed by atoms with Crippen LogP contribution < -0.4 is 51.1 Å². The number of likely N-dealkylation sites (N-methyl/N-ethyl adjacent to an activating group) is 3. The molecular weight excluding hydrogens is 1880 g/mol. The quantitative estimate of drug-likeness (QED) is 0.0568. The Morgan fingerprint density at radius 3 is 1.21 bits per heavy atom. The fourth-order valence-electron chi connectivity index (χ4n) is 23.9. The van der Waals surface area contributed by atoms with Gasteiger partial charge in [-0.15, -0.1) is 0 Å². The number of benzene rings is 7. The molecule has 12 aliphatic rings. The maximum atomic E-state index is 13.9. The lowest BCUT2D eigenvalue weighted by Crippen LogP contribution is -2.42. The van der Waals surface area contributed by atoms with Gasteiger partial charge >= 0.3 is 19.1 Å². The predicted molar refractivity (Wildman–Crippen MR) is 565 cm³/mol. The fraction of sp³-hybridized carbons (Fsp3) is 0.554. The minimum atomic E-state index is -0.531. The van der Waals surface area contributed by atoms with Crippen LogP contribution in [0.4, 0.5) is 39.8 Å². The molecule has 24 nitrogen and oxygen atoms in total. The van der Waals surface area contributed by atoms with Crippen molar-refractivity contribution in [2.24, 2.45) is 0 Å². The van der Waals surface area contributed by atoms with Crippen LogP contribution in [0.5, 0.6) is 0 Å². The molecule has 1 aromatic heterocycles. The number of carbonyl (C=O) groups excluding carboxylic acids is 3. The number of anilines is 7. The molecule has 13 heterocycles. The molecule has 8 fully saturated rings. The molecular formula is C112H148BBr2N9O15. The first-order valence-corrected chi connectivity index (χ1v) is 52.4. The number of esters is 2. The van der Waals surface area contributed by atoms with Crippen molar-refractivity contribution in [3.8, 4) is 22.3 Å². The Morgan fingerprint density at radius 1 is 0.439 bits per heavy atom. The highest BCUT2D eigenvalue weighted by Crippen LogP contribution is 2.53. The van der Waals surface area contributed by atoms with E-state index in [1.807, 2.05) is 86.6 Å². The summed E-state index contributed by atoms with van der Waals surface area (Å²) in [5, 5.41) is 6.59. The number of hydrogen-bond acceptors (Lipinski definition) is 22. The summed E-state index contributed by atoms with van der Waals surface area (Å²) in [6, 6.07) is 42.6. The largest absolute Gasteiger partial charge is 0.494 e. The van der Waals surface area contributed by atoms with Crippen LogP contribution >= 0.6 is 31.9 Å². The average molecular weight is 2030 g/mol. The molecule has 7 aromatic carbocycles. The van der Waals surface area contributed by atoms with E-state index in [4.69, 9.17) is 51.9 Å². The molecule has 4 spiro atoms. The van der Waals surface area contributed by atoms with Crippen molar-refractivity contribution < 1.29 is 66.3 Å². The van der Waals surface area contributed by atoms with Crippen molar-refractivity contribution in [1.29, 1.82) is 0 Å². The highest BCUT2D eigenvalue weighted by molar-refractivity contribution is 9.10. The maximum Gasteiger partial charge on any atom is 0.494 e. The molecule has 12 aliphatic heterocycles. The lowest BCUT2D eigenvalue weighted by Gasteiger charge is -2.37. The van der Waals surface area contributed by atoms with Crippen LogP contribution in [0, 0.1) is 34.6 Å². The van der Waals surface area contributed by atoms with Crippen LogP contribution in [0.1, 0.15) is 225 Å². The van der Waals surface area contributed by atoms with Gasteiger partial charge in [-0.2, -0.15) is 0 Å². The van der Waals surface area contributed by atoms with Crippen LogP contribution in [-0.2, 0) is 80.1 Å². The Labute approximate surface area is 841 Å². The molecule has 0 radical (unpaired) electrons. The van der Waals surface area contributed by atoms with E-state index in [0.29, 0.717) is 51.2 Å². The number of aromatic amines is 1. The van der Waals surface area contributed by atoms with Crippen molar-refractivity contribution in [2.75, 3.05) is 208 Å². The van der Waals surface area contributed by atoms with Gasteiger partial charge in [-0.1, -0.05) is 68.3 Å². The number of pyridine rings is 1. The Balaban J connectivity index is 0.000000132. The second kappa shape index (κ2) is 44.2. The second-order valence-electron chi connectivity index (χ2n) is 41.4. The number of halogens is 2. The molecule has 8 saturated heterocycles. The number of fused-ring (bicyclic) bond motifs is 8. The van der Waals surface area contributed by atoms with E-state index in [1.165, 1.54) is 63.7 Å². The van der Waals surface area contributed by atoms with E-state index < -0.39 is 18.3 Å². The first-order chi connectivity index (χ1) is 66.8. The Hall–Kier alpha value is -8.84. The third kappa shape index (κ3) is 21.7. The summed E-state index contributed by atoms with van der Waals surface area (Å²) in [5.74, 6) is -0.800. The van der Waals surface area contributed by atoms with Gasteiger partial charge in [0.25, 0.3) is 11.5 Å². The van der Waals surface area contributed by atoms with Crippen LogP contribution in [0.15, 0.2) is 129 Å². The van der Waals surface area contributed by atoms with Crippen molar-refractivity contribution in [1.82, 2.24) is 10.3 Å². The number of aryl methyl sites for hydroxylation is 2. The summed E-state index contributed by atoms with van der Waals surface area (Å²) in [6.07, 6.45) is 14.7. The van der Waals surface area contributed by atoms with Crippen LogP contribution in [0.25, 0.3) is 22.3 Å². The lowest BCUT2D eigenvalue weighted by atomic mass is 9.75. The number of H-pyrrole nitrogens is 1. The Kier molecular flexibility index (Phi) is 32.7. The number of hydrogen-bond donors (Lipinski definition) is 3. The standard InChI is InChI=1S/C36H46N4O4.C29H38N2O4.C22H34BNO5.C13H16BrNO.C12H14BrNO/c1-6-40(28-9-13-43-14-10-28)32-20-27(26-7-8-31-33(19-26)39(5)22-36(31)11-15-44-16-12-36)18-29(25(32)4)34(41)37-21-30-23(2)17-24(3)38-35(30)42;1-5-31(23-8-12-34-13-9-23)26-18-22(16-24(20(26)2)28(32)33-4)21-6-7-25-27(17-21)30(3)19-29(25)10-14-35-15-11-29;1-8-24(17-9-11-27-12-10-17)19-14-16(13-18(15(19)2)20(25)26-7)23-28-21(3,4)22(5,6)29-23;1-15-9-13(4-6-16-7-5-13)11-3-2-10(14)8-12(11)15;13-9-1-2-10-11(7-9)14-8-12(10)3-5-15-6-4-12/h7-8,17-20,28H,6,9-16,21-22H2,1-5H3,(H,37,41)(H,38,42);6-7,16-18,23H,5,8-15,19H2,1-4H3;13-14,17H,8-12H2,1-7H3;2-3,8H,4-7,9H2,1H3;1-2,7,14H,3-6,8H2. The summed E-state index contributed by atoms with van der Waals surface area (Å²) >= 11 is 7.07. The Morgan fingerprint density at radius 2 is 0.799 bits per heavy atom. The highest BCUT2D eigenvalue weighted by atomic mass is 79.9. The first kappa shape index (κ1) is 103. The molecule has 748 valence electrons. The van der Waals surface area contributed by atoms with Gasteiger partial charge in [0.2, 0.25) is 0 Å². The zero-order chi connectivity index (χ0) is 98.5. The van der Waals surface area contributed by atoms with Gasteiger partial charge in [0.15, 0.2) is 0 Å². The average Bonchev–Trinajstić information content (AvgIpc) is 1.58. The minimum Gasteiger partial charge on any atom is -0.465 e. The zero-order valence-electron chi connectivity index (χ0n) is 85.3. The van der Waals surface area contributed by atoms with Crippen molar-refractivity contribution >= 4 is 102 Å². The maximum absolute atomic E-state index is 13.9. The van der Waals surface area contributed by atoms with Crippen LogP contribution in [0.2, 0.25) is 0 Å². The van der Waals surface area contributed by atoms with E-state index in [2.05, 4.69) is 210 Å². The van der Waals surface area contributed by atoms with Crippen LogP contribution in [-0.4, -0.2) is 233 Å². The lowest BCUT2D eigenvalue weighted by molar-refractivity contribution is 0.00578. The second-order valence-corrected chi connectivity index (χ2v) is 43.3. The van der Waals surface area contributed by atoms with E-state index in [9.17, 15) is 19.2 Å². The minimum absolute atomic E-state index is 0.151. The van der Waals surface area contributed by atoms with E-state index in [-0.39, 0.29) is 40.8 Å². The van der Waals surface area contributed by atoms with Gasteiger partial charge in [-0.05, 0) is 324 Å². The molecule has 139 heavy (non-hydrogen) atoms. The molecule has 3 N–H and O–H groups in total. The number of rotatable bonds is 17. The van der Waals surface area contributed by atoms with Gasteiger partial charge in [-0.25, -0.2) is 9.59 Å². The SMILES string of the molecule is Brc1ccc2c(c1)NCC21CCOCC1.CCN(c1cc(-c2ccc3c(c2)N(C)CC32CCOCC2)cc(C(=O)NCc2c(C)cc(C)[nH]c2=O)c1C)C1CCOCC1.CCN(c1cc(-c2ccc3c(c2)N(C)CC32CCOCC2)cc(C(=O)OC)c1C)C1CCOCC1.CCN(c1cc(B2OC(C)(C)C(C)(C)O2)cc(C(=O)OC)c1C)C1CCOCC1.CN1CC2(CCOCC2)c2ccc(Br)cc21. The number of ether oxygens (including phenoxy) is 9. The fourth-order valence-corrected chi connectivity index (χ4v) is 24.6. The van der Waals surface area contributed by atoms with Crippen molar-refractivity contribution in [3.63, 3.8) is 0 Å². The number of carbonyl (C=O) groups is 3. The van der Waals surface area contributed by atoms with Crippen molar-refractivity contribution in [2.45, 2.75) is 231 Å². The topological polar surface area (TPSA) is 229 Å². The Bertz CT molecular complexity index is 5750. The molecule has 0 saturated carbocycles. The number of nitrogens with zero attached hydrogens (tertiary/aromatic N) is 6. The third-order valence-electron chi connectivity index (χ3n) is 32.7. The monoisotopic (exact) mass is 2030 g/mol. The molecule has 8 aromatic rings. The first-order valence-electron chi connectivity index (χ1n) is 50.9. The molecule has 0 aliphatic carbocycles. The molecule has 0 bridgehead atoms. The molecule has 1 amide bonds. The summed E-state index contributed by atoms with van der Waals surface area (Å²) < 4.78 is 64.3. The van der Waals surface area contributed by atoms with Gasteiger partial charge in [0.1, 0.15) is 0 Å². The summed E-state index contributed by atoms with van der Waals surface area (Å²) in [7, 11) is 8.91.